The standard InChI is InChI=1S/C39H40F3N7O2/c1-23-7-13-28(14-8-23)49-33(22-32(47-49)38(2,3)4)45-37(51)44-27-11-9-24(10-12-27)18-25-19-29-15-16-30(20-25)48(29)36(50)31-21-26-6-5-17-43-35(26)46-34(31)39(40,41)42/h5-14,17,21-22,25,29-30H,15-16,18-20H2,1-4H3,(H2,44,45,51). The van der Waals surface area contributed by atoms with Gasteiger partial charge in [-0.2, -0.15) is 18.3 Å². The van der Waals surface area contributed by atoms with Crippen molar-refractivity contribution in [2.45, 2.75) is 83.5 Å². The summed E-state index contributed by atoms with van der Waals surface area (Å²) >= 11 is 0. The molecule has 0 aliphatic carbocycles. The van der Waals surface area contributed by atoms with Crippen LogP contribution in [0.1, 0.15) is 79.3 Å². The average Bonchev–Trinajstić information content (AvgIpc) is 3.62. The largest absolute Gasteiger partial charge is 0.434 e. The van der Waals surface area contributed by atoms with E-state index in [1.165, 1.54) is 12.3 Å². The van der Waals surface area contributed by atoms with Gasteiger partial charge in [-0.25, -0.2) is 19.4 Å². The van der Waals surface area contributed by atoms with Crippen LogP contribution >= 0.6 is 0 Å². The van der Waals surface area contributed by atoms with Gasteiger partial charge in [-0.05, 0) is 93.0 Å². The number of benzene rings is 2. The number of anilines is 2. The van der Waals surface area contributed by atoms with Gasteiger partial charge in [0, 0.05) is 40.8 Å². The number of nitrogens with one attached hydrogen (secondary N) is 2. The van der Waals surface area contributed by atoms with Gasteiger partial charge in [0.2, 0.25) is 0 Å². The minimum absolute atomic E-state index is 0.0369. The van der Waals surface area contributed by atoms with Crippen LogP contribution in [0.5, 0.6) is 0 Å². The van der Waals surface area contributed by atoms with E-state index in [2.05, 4.69) is 41.4 Å². The molecule has 2 bridgehead atoms. The number of hydrogen-bond acceptors (Lipinski definition) is 5. The van der Waals surface area contributed by atoms with E-state index in [0.717, 1.165) is 41.8 Å². The Morgan fingerprint density at radius 2 is 1.59 bits per heavy atom. The highest BCUT2D eigenvalue weighted by molar-refractivity contribution is 6.00. The molecule has 7 rings (SSSR count). The molecule has 5 heterocycles. The molecule has 3 aromatic heterocycles. The van der Waals surface area contributed by atoms with Gasteiger partial charge < -0.3 is 10.2 Å². The predicted octanol–water partition coefficient (Wildman–Crippen LogP) is 8.71. The summed E-state index contributed by atoms with van der Waals surface area (Å²) in [4.78, 5) is 36.3. The zero-order valence-corrected chi connectivity index (χ0v) is 29.0. The molecule has 0 spiro atoms. The van der Waals surface area contributed by atoms with Crippen molar-refractivity contribution in [1.29, 1.82) is 0 Å². The van der Waals surface area contributed by atoms with E-state index < -0.39 is 29.4 Å². The Labute approximate surface area is 294 Å². The van der Waals surface area contributed by atoms with Gasteiger partial charge in [0.1, 0.15) is 5.82 Å². The summed E-state index contributed by atoms with van der Waals surface area (Å²) in [5.41, 5.74) is 2.68. The molecule has 2 unspecified atom stereocenters. The Balaban J connectivity index is 0.997. The minimum Gasteiger partial charge on any atom is -0.333 e. The minimum atomic E-state index is -4.78. The summed E-state index contributed by atoms with van der Waals surface area (Å²) < 4.78 is 43.9. The maximum absolute atomic E-state index is 14.1. The van der Waals surface area contributed by atoms with Crippen LogP contribution in [-0.2, 0) is 18.0 Å². The summed E-state index contributed by atoms with van der Waals surface area (Å²) in [7, 11) is 0. The fourth-order valence-corrected chi connectivity index (χ4v) is 7.37. The van der Waals surface area contributed by atoms with Gasteiger partial charge in [0.05, 0.1) is 16.9 Å². The lowest BCUT2D eigenvalue weighted by Gasteiger charge is -2.39. The molecule has 2 aromatic carbocycles. The molecule has 2 atom stereocenters. The van der Waals surface area contributed by atoms with Crippen molar-refractivity contribution in [2.75, 3.05) is 10.6 Å². The van der Waals surface area contributed by atoms with Gasteiger partial charge in [0.15, 0.2) is 11.3 Å². The summed E-state index contributed by atoms with van der Waals surface area (Å²) in [6.07, 6.45) is 0.304. The molecular weight excluding hydrogens is 655 g/mol. The van der Waals surface area contributed by atoms with E-state index in [-0.39, 0.29) is 29.1 Å². The highest BCUT2D eigenvalue weighted by Crippen LogP contribution is 2.42. The van der Waals surface area contributed by atoms with Gasteiger partial charge >= 0.3 is 12.2 Å². The second-order valence-electron chi connectivity index (χ2n) is 14.8. The van der Waals surface area contributed by atoms with Crippen molar-refractivity contribution in [2.24, 2.45) is 5.92 Å². The first-order valence-electron chi connectivity index (χ1n) is 17.2. The quantitative estimate of drug-likeness (QED) is 0.185. The van der Waals surface area contributed by atoms with Crippen molar-refractivity contribution < 1.29 is 22.8 Å². The number of rotatable bonds is 6. The number of carbonyl (C=O) groups excluding carboxylic acids is 2. The number of amides is 3. The van der Waals surface area contributed by atoms with Crippen LogP contribution in [0.2, 0.25) is 0 Å². The van der Waals surface area contributed by atoms with Crippen molar-refractivity contribution in [3.8, 4) is 5.69 Å². The van der Waals surface area contributed by atoms with E-state index >= 15 is 0 Å². The number of urea groups is 1. The van der Waals surface area contributed by atoms with Crippen molar-refractivity contribution in [3.05, 3.63) is 107 Å². The smallest absolute Gasteiger partial charge is 0.333 e. The molecule has 2 N–H and O–H groups in total. The number of pyridine rings is 2. The molecule has 2 fully saturated rings. The first-order chi connectivity index (χ1) is 24.2. The van der Waals surface area contributed by atoms with Crippen LogP contribution in [0.3, 0.4) is 0 Å². The van der Waals surface area contributed by atoms with E-state index in [1.54, 1.807) is 21.7 Å². The zero-order chi connectivity index (χ0) is 36.1. The first-order valence-corrected chi connectivity index (χ1v) is 17.2. The monoisotopic (exact) mass is 695 g/mol. The molecule has 2 saturated heterocycles. The van der Waals surface area contributed by atoms with Gasteiger partial charge in [-0.3, -0.25) is 10.1 Å². The molecule has 0 saturated carbocycles. The first kappa shape index (κ1) is 34.2. The van der Waals surface area contributed by atoms with Crippen molar-refractivity contribution in [3.63, 3.8) is 0 Å². The number of aryl methyl sites for hydroxylation is 1. The van der Waals surface area contributed by atoms with Crippen LogP contribution in [-0.4, -0.2) is 48.7 Å². The number of fused-ring (bicyclic) bond motifs is 3. The topological polar surface area (TPSA) is 105 Å². The lowest BCUT2D eigenvalue weighted by Crippen LogP contribution is -2.47. The second-order valence-corrected chi connectivity index (χ2v) is 14.8. The Kier molecular flexibility index (Phi) is 8.81. The Morgan fingerprint density at radius 1 is 0.902 bits per heavy atom. The molecule has 0 radical (unpaired) electrons. The lowest BCUT2D eigenvalue weighted by molar-refractivity contribution is -0.141. The third kappa shape index (κ3) is 7.17. The van der Waals surface area contributed by atoms with Crippen LogP contribution < -0.4 is 10.6 Å². The molecule has 9 nitrogen and oxygen atoms in total. The van der Waals surface area contributed by atoms with Crippen LogP contribution in [0, 0.1) is 12.8 Å². The third-order valence-corrected chi connectivity index (χ3v) is 9.89. The fourth-order valence-electron chi connectivity index (χ4n) is 7.37. The average molecular weight is 696 g/mol. The number of piperidine rings is 1. The maximum atomic E-state index is 14.1. The molecular formula is C39H40F3N7O2. The summed E-state index contributed by atoms with van der Waals surface area (Å²) in [5, 5.41) is 11.1. The van der Waals surface area contributed by atoms with Crippen molar-refractivity contribution in [1.82, 2.24) is 24.6 Å². The Hall–Kier alpha value is -5.26. The molecule has 2 aliphatic heterocycles. The highest BCUT2D eigenvalue weighted by Gasteiger charge is 2.46. The molecule has 12 heteroatoms. The van der Waals surface area contributed by atoms with Gasteiger partial charge in [0.25, 0.3) is 5.91 Å². The van der Waals surface area contributed by atoms with Crippen LogP contribution in [0.25, 0.3) is 16.7 Å². The molecule has 51 heavy (non-hydrogen) atoms. The van der Waals surface area contributed by atoms with Crippen LogP contribution in [0.15, 0.2) is 79.0 Å². The summed E-state index contributed by atoms with van der Waals surface area (Å²) in [5.74, 6) is 0.214. The van der Waals surface area contributed by atoms with E-state index in [1.807, 2.05) is 61.5 Å². The number of halogens is 3. The molecule has 3 amide bonds. The van der Waals surface area contributed by atoms with E-state index in [9.17, 15) is 22.8 Å². The number of hydrogen-bond donors (Lipinski definition) is 2. The van der Waals surface area contributed by atoms with Gasteiger partial charge in [-0.1, -0.05) is 50.6 Å². The molecule has 264 valence electrons. The fraction of sp³-hybridized carbons (Fsp3) is 0.359. The van der Waals surface area contributed by atoms with E-state index in [0.29, 0.717) is 29.7 Å². The molecule has 2 aliphatic rings. The Morgan fingerprint density at radius 3 is 2.24 bits per heavy atom. The van der Waals surface area contributed by atoms with Crippen molar-refractivity contribution >= 4 is 34.5 Å². The maximum Gasteiger partial charge on any atom is 0.434 e. The Bertz CT molecular complexity index is 2070. The number of carbonyl (C=O) groups is 2. The normalized spacial score (nSPS) is 19.0. The molecule has 5 aromatic rings. The van der Waals surface area contributed by atoms with Crippen LogP contribution in [0.4, 0.5) is 29.5 Å². The number of alkyl halides is 3. The highest BCUT2D eigenvalue weighted by atomic mass is 19.4. The van der Waals surface area contributed by atoms with E-state index in [4.69, 9.17) is 5.10 Å². The zero-order valence-electron chi connectivity index (χ0n) is 29.0. The lowest BCUT2D eigenvalue weighted by atomic mass is 9.85. The van der Waals surface area contributed by atoms with Gasteiger partial charge in [-0.15, -0.1) is 0 Å². The number of nitrogens with zero attached hydrogens (tertiary/aromatic N) is 5. The number of aromatic nitrogens is 4. The SMILES string of the molecule is Cc1ccc(-n2nc(C(C)(C)C)cc2NC(=O)Nc2ccc(CC3CC4CCC(C3)N4C(=O)c3cc4cccnc4nc3C(F)(F)F)cc2)cc1. The third-order valence-electron chi connectivity index (χ3n) is 9.89. The summed E-state index contributed by atoms with van der Waals surface area (Å²) in [6, 6.07) is 21.4. The predicted molar refractivity (Wildman–Crippen MR) is 190 cm³/mol. The second kappa shape index (κ2) is 13.1. The summed E-state index contributed by atoms with van der Waals surface area (Å²) in [6.45, 7) is 8.23.